The molecular weight excluding hydrogens is 192 g/mol. The highest BCUT2D eigenvalue weighted by atomic mass is 16.7. The Bertz CT molecular complexity index is 383. The molecule has 0 spiro atoms. The van der Waals surface area contributed by atoms with E-state index >= 15 is 0 Å². The van der Waals surface area contributed by atoms with Crippen LogP contribution in [0.15, 0.2) is 6.07 Å². The van der Waals surface area contributed by atoms with Gasteiger partial charge >= 0.3 is 0 Å². The molecule has 0 aliphatic carbocycles. The lowest BCUT2D eigenvalue weighted by molar-refractivity contribution is 0.171. The number of phenolic OH excluding ortho intramolecular Hbond substituents is 1. The van der Waals surface area contributed by atoms with Gasteiger partial charge in [0.2, 0.25) is 12.5 Å². The van der Waals surface area contributed by atoms with Gasteiger partial charge in [0.05, 0.1) is 0 Å². The van der Waals surface area contributed by atoms with Crippen LogP contribution in [-0.2, 0) is 6.42 Å². The highest BCUT2D eigenvalue weighted by Gasteiger charge is 2.24. The van der Waals surface area contributed by atoms with E-state index in [2.05, 4.69) is 20.8 Å². The van der Waals surface area contributed by atoms with Gasteiger partial charge in [-0.2, -0.15) is 0 Å². The van der Waals surface area contributed by atoms with E-state index in [-0.39, 0.29) is 18.5 Å². The summed E-state index contributed by atoms with van der Waals surface area (Å²) in [7, 11) is 0. The van der Waals surface area contributed by atoms with E-state index in [1.54, 1.807) is 0 Å². The quantitative estimate of drug-likeness (QED) is 0.812. The van der Waals surface area contributed by atoms with Gasteiger partial charge in [0.15, 0.2) is 11.5 Å². The van der Waals surface area contributed by atoms with Crippen LogP contribution >= 0.6 is 0 Å². The monoisotopic (exact) mass is 208 g/mol. The zero-order valence-corrected chi connectivity index (χ0v) is 9.33. The lowest BCUT2D eigenvalue weighted by atomic mass is 9.94. The molecule has 0 saturated carbocycles. The normalized spacial score (nSPS) is 13.6. The van der Waals surface area contributed by atoms with Gasteiger partial charge in [-0.25, -0.2) is 0 Å². The van der Waals surface area contributed by atoms with Gasteiger partial charge in [-0.05, 0) is 24.0 Å². The van der Waals surface area contributed by atoms with Crippen molar-refractivity contribution in [1.29, 1.82) is 0 Å². The molecule has 3 nitrogen and oxygen atoms in total. The molecule has 0 unspecified atom stereocenters. The van der Waals surface area contributed by atoms with Crippen LogP contribution in [0.2, 0.25) is 0 Å². The molecule has 0 saturated heterocycles. The first-order valence-corrected chi connectivity index (χ1v) is 5.29. The van der Waals surface area contributed by atoms with Crippen LogP contribution in [-0.4, -0.2) is 11.9 Å². The molecule has 3 heteroatoms. The number of fused-ring (bicyclic) bond motifs is 1. The SMILES string of the molecule is CCc1cc2c(c(O)c1C(C)C)OCO2. The molecular formula is C12H16O3. The van der Waals surface area contributed by atoms with Crippen molar-refractivity contribution in [2.24, 2.45) is 0 Å². The van der Waals surface area contributed by atoms with E-state index in [9.17, 15) is 5.11 Å². The van der Waals surface area contributed by atoms with Gasteiger partial charge in [-0.15, -0.1) is 0 Å². The van der Waals surface area contributed by atoms with Crippen molar-refractivity contribution in [1.82, 2.24) is 0 Å². The average molecular weight is 208 g/mol. The number of phenols is 1. The van der Waals surface area contributed by atoms with Gasteiger partial charge in [0.1, 0.15) is 0 Å². The maximum atomic E-state index is 10.1. The minimum absolute atomic E-state index is 0.202. The van der Waals surface area contributed by atoms with Gasteiger partial charge in [-0.1, -0.05) is 20.8 Å². The molecule has 1 aromatic carbocycles. The minimum Gasteiger partial charge on any atom is -0.504 e. The first kappa shape index (κ1) is 10.1. The van der Waals surface area contributed by atoms with E-state index in [4.69, 9.17) is 9.47 Å². The Kier molecular flexibility index (Phi) is 2.47. The minimum atomic E-state index is 0.202. The van der Waals surface area contributed by atoms with Crippen molar-refractivity contribution in [2.45, 2.75) is 33.1 Å². The van der Waals surface area contributed by atoms with Crippen molar-refractivity contribution < 1.29 is 14.6 Å². The molecule has 82 valence electrons. The molecule has 15 heavy (non-hydrogen) atoms. The zero-order chi connectivity index (χ0) is 11.0. The summed E-state index contributed by atoms with van der Waals surface area (Å²) in [6.07, 6.45) is 0.887. The predicted octanol–water partition coefficient (Wildman–Crippen LogP) is 2.81. The zero-order valence-electron chi connectivity index (χ0n) is 9.33. The Hall–Kier alpha value is -1.38. The van der Waals surface area contributed by atoms with Crippen LogP contribution in [0, 0.1) is 0 Å². The van der Waals surface area contributed by atoms with Crippen LogP contribution in [0.4, 0.5) is 0 Å². The van der Waals surface area contributed by atoms with Crippen molar-refractivity contribution in [3.63, 3.8) is 0 Å². The largest absolute Gasteiger partial charge is 0.504 e. The molecule has 0 atom stereocenters. The lowest BCUT2D eigenvalue weighted by Crippen LogP contribution is -1.96. The van der Waals surface area contributed by atoms with Crippen molar-refractivity contribution in [2.75, 3.05) is 6.79 Å². The topological polar surface area (TPSA) is 38.7 Å². The Morgan fingerprint density at radius 3 is 2.73 bits per heavy atom. The van der Waals surface area contributed by atoms with Crippen molar-refractivity contribution >= 4 is 0 Å². The van der Waals surface area contributed by atoms with Crippen LogP contribution in [0.25, 0.3) is 0 Å². The summed E-state index contributed by atoms with van der Waals surface area (Å²) in [5.41, 5.74) is 2.11. The first-order chi connectivity index (χ1) is 7.15. The van der Waals surface area contributed by atoms with E-state index in [1.165, 1.54) is 0 Å². The van der Waals surface area contributed by atoms with E-state index in [0.29, 0.717) is 11.5 Å². The fourth-order valence-electron chi connectivity index (χ4n) is 2.03. The predicted molar refractivity (Wildman–Crippen MR) is 57.7 cm³/mol. The van der Waals surface area contributed by atoms with Crippen molar-refractivity contribution in [3.8, 4) is 17.2 Å². The number of aromatic hydroxyl groups is 1. The Morgan fingerprint density at radius 2 is 2.13 bits per heavy atom. The smallest absolute Gasteiger partial charge is 0.231 e. The number of ether oxygens (including phenoxy) is 2. The molecule has 0 amide bonds. The summed E-state index contributed by atoms with van der Waals surface area (Å²) < 4.78 is 10.5. The van der Waals surface area contributed by atoms with Gasteiger partial charge in [-0.3, -0.25) is 0 Å². The summed E-state index contributed by atoms with van der Waals surface area (Å²) in [6.45, 7) is 6.41. The standard InChI is InChI=1S/C12H16O3/c1-4-8-5-9-12(15-6-14-9)11(13)10(8)7(2)3/h5,7,13H,4,6H2,1-3H3. The molecule has 0 fully saturated rings. The van der Waals surface area contributed by atoms with Crippen LogP contribution < -0.4 is 9.47 Å². The second-order valence-electron chi connectivity index (χ2n) is 4.04. The number of hydrogen-bond donors (Lipinski definition) is 1. The summed E-state index contributed by atoms with van der Waals surface area (Å²) in [5.74, 6) is 1.69. The maximum Gasteiger partial charge on any atom is 0.231 e. The van der Waals surface area contributed by atoms with E-state index in [0.717, 1.165) is 17.5 Å². The van der Waals surface area contributed by atoms with Gasteiger partial charge in [0, 0.05) is 5.56 Å². The highest BCUT2D eigenvalue weighted by Crippen LogP contribution is 2.46. The van der Waals surface area contributed by atoms with E-state index < -0.39 is 0 Å². The third-order valence-corrected chi connectivity index (χ3v) is 2.72. The molecule has 1 aromatic rings. The molecule has 1 aliphatic rings. The van der Waals surface area contributed by atoms with Crippen LogP contribution in [0.3, 0.4) is 0 Å². The second kappa shape index (κ2) is 3.65. The summed E-state index contributed by atoms with van der Waals surface area (Å²) in [6, 6.07) is 1.97. The lowest BCUT2D eigenvalue weighted by Gasteiger charge is -2.15. The number of hydrogen-bond acceptors (Lipinski definition) is 3. The first-order valence-electron chi connectivity index (χ1n) is 5.29. The summed E-state index contributed by atoms with van der Waals surface area (Å²) in [5, 5.41) is 10.1. The molecule has 0 bridgehead atoms. The highest BCUT2D eigenvalue weighted by molar-refractivity contribution is 5.60. The Morgan fingerprint density at radius 1 is 1.40 bits per heavy atom. The van der Waals surface area contributed by atoms with Gasteiger partial charge in [0.25, 0.3) is 0 Å². The molecule has 1 heterocycles. The number of aryl methyl sites for hydroxylation is 1. The fourth-order valence-corrected chi connectivity index (χ4v) is 2.03. The number of benzene rings is 1. The number of rotatable bonds is 2. The van der Waals surface area contributed by atoms with Crippen LogP contribution in [0.5, 0.6) is 17.2 Å². The molecule has 2 rings (SSSR count). The van der Waals surface area contributed by atoms with Gasteiger partial charge < -0.3 is 14.6 Å². The second-order valence-corrected chi connectivity index (χ2v) is 4.04. The third kappa shape index (κ3) is 1.52. The molecule has 0 aromatic heterocycles. The summed E-state index contributed by atoms with van der Waals surface area (Å²) in [4.78, 5) is 0. The third-order valence-electron chi connectivity index (χ3n) is 2.72. The average Bonchev–Trinajstić information content (AvgIpc) is 2.64. The van der Waals surface area contributed by atoms with E-state index in [1.807, 2.05) is 6.07 Å². The fraction of sp³-hybridized carbons (Fsp3) is 0.500. The maximum absolute atomic E-state index is 10.1. The van der Waals surface area contributed by atoms with Crippen molar-refractivity contribution in [3.05, 3.63) is 17.2 Å². The molecule has 1 N–H and O–H groups in total. The molecule has 0 radical (unpaired) electrons. The van der Waals surface area contributed by atoms with Crippen LogP contribution in [0.1, 0.15) is 37.8 Å². The molecule has 1 aliphatic heterocycles. The summed E-state index contributed by atoms with van der Waals surface area (Å²) >= 11 is 0. The Labute approximate surface area is 89.6 Å². The Balaban J connectivity index is 2.62.